The van der Waals surface area contributed by atoms with Gasteiger partial charge in [0.25, 0.3) is 0 Å². The first kappa shape index (κ1) is 9.52. The predicted molar refractivity (Wildman–Crippen MR) is 60.4 cm³/mol. The Bertz CT molecular complexity index is 476. The van der Waals surface area contributed by atoms with Gasteiger partial charge in [0.1, 0.15) is 11.3 Å². The van der Waals surface area contributed by atoms with Crippen LogP contribution < -0.4 is 0 Å². The molecule has 0 fully saturated rings. The van der Waals surface area contributed by atoms with Crippen LogP contribution in [-0.4, -0.2) is 22.5 Å². The van der Waals surface area contributed by atoms with Crippen LogP contribution in [0.3, 0.4) is 0 Å². The Kier molecular flexibility index (Phi) is 2.23. The molecule has 0 N–H and O–H groups in total. The average Bonchev–Trinajstić information content (AvgIpc) is 2.43. The van der Waals surface area contributed by atoms with Crippen molar-refractivity contribution >= 4 is 22.0 Å². The maximum absolute atomic E-state index is 5.52. The fourth-order valence-corrected chi connectivity index (χ4v) is 1.92. The monoisotopic (exact) mass is 210 g/mol. The second kappa shape index (κ2) is 3.28. The lowest BCUT2D eigenvalue weighted by Gasteiger charge is -2.05. The Hall–Kier alpha value is -1.03. The molecule has 4 heteroatoms. The fraction of sp³-hybridized carbons (Fsp3) is 0.400. The van der Waals surface area contributed by atoms with Gasteiger partial charge >= 0.3 is 0 Å². The Morgan fingerprint density at radius 1 is 1.29 bits per heavy atom. The molecule has 0 aromatic carbocycles. The van der Waals surface area contributed by atoms with Crippen LogP contribution in [0.25, 0.3) is 11.1 Å². The molecule has 2 heterocycles. The molecule has 0 radical (unpaired) electrons. The van der Waals surface area contributed by atoms with Crippen LogP contribution in [0.15, 0.2) is 15.8 Å². The number of nitrogens with zero attached hydrogens (tertiary/aromatic N) is 2. The zero-order valence-corrected chi connectivity index (χ0v) is 9.72. The van der Waals surface area contributed by atoms with Gasteiger partial charge < -0.3 is 4.42 Å². The third-order valence-corrected chi connectivity index (χ3v) is 3.30. The summed E-state index contributed by atoms with van der Waals surface area (Å²) < 4.78 is 5.52. The lowest BCUT2D eigenvalue weighted by Crippen LogP contribution is -1.89. The molecule has 3 nitrogen and oxygen atoms in total. The first-order valence-electron chi connectivity index (χ1n) is 4.49. The molecule has 2 rings (SSSR count). The molecule has 0 amide bonds. The number of furan rings is 1. The van der Waals surface area contributed by atoms with E-state index in [4.69, 9.17) is 4.42 Å². The van der Waals surface area contributed by atoms with Crippen LogP contribution in [0.2, 0.25) is 0 Å². The molecule has 0 aliphatic carbocycles. The van der Waals surface area contributed by atoms with Crippen molar-refractivity contribution in [3.63, 3.8) is 0 Å². The zero-order valence-electron chi connectivity index (χ0n) is 8.83. The molecule has 14 heavy (non-hydrogen) atoms. The number of hydrogen-bond acceptors (Lipinski definition) is 3. The molecule has 0 spiro atoms. The number of aromatic nitrogens is 2. The summed E-state index contributed by atoms with van der Waals surface area (Å²) in [5.41, 5.74) is 2.88. The summed E-state index contributed by atoms with van der Waals surface area (Å²) in [5.74, 6) is 0.933. The van der Waals surface area contributed by atoms with E-state index >= 15 is 0 Å². The van der Waals surface area contributed by atoms with Crippen molar-refractivity contribution in [2.75, 3.05) is 12.5 Å². The third-order valence-electron chi connectivity index (χ3n) is 2.29. The maximum atomic E-state index is 5.52. The number of rotatable bonds is 1. The molecular formula is C10H14N2OS. The predicted octanol–water partition coefficient (Wildman–Crippen LogP) is 2.46. The minimum Gasteiger partial charge on any atom is -0.458 e. The van der Waals surface area contributed by atoms with E-state index in [0.29, 0.717) is 0 Å². The Balaban J connectivity index is 2.69. The summed E-state index contributed by atoms with van der Waals surface area (Å²) >= 11 is 0. The van der Waals surface area contributed by atoms with E-state index in [2.05, 4.69) is 22.5 Å². The number of fused-ring (bicyclic) bond motifs is 1. The van der Waals surface area contributed by atoms with Crippen molar-refractivity contribution in [1.82, 2.24) is 9.97 Å². The molecule has 0 aliphatic rings. The lowest BCUT2D eigenvalue weighted by molar-refractivity contribution is 0.572. The smallest absolute Gasteiger partial charge is 0.171 e. The molecule has 2 aromatic heterocycles. The van der Waals surface area contributed by atoms with Gasteiger partial charge in [-0.15, -0.1) is 0 Å². The van der Waals surface area contributed by atoms with Crippen molar-refractivity contribution in [2.45, 2.75) is 19.0 Å². The molecule has 0 saturated carbocycles. The summed E-state index contributed by atoms with van der Waals surface area (Å²) in [7, 11) is -0.236. The summed E-state index contributed by atoms with van der Waals surface area (Å²) in [6, 6.07) is 0. The highest BCUT2D eigenvalue weighted by Gasteiger charge is 2.10. The Labute approximate surface area is 85.9 Å². The zero-order chi connectivity index (χ0) is 10.3. The van der Waals surface area contributed by atoms with Crippen molar-refractivity contribution in [3.05, 3.63) is 17.5 Å². The molecule has 0 unspecified atom stereocenters. The highest BCUT2D eigenvalue weighted by molar-refractivity contribution is 8.15. The van der Waals surface area contributed by atoms with Crippen LogP contribution in [0.5, 0.6) is 0 Å². The van der Waals surface area contributed by atoms with Crippen molar-refractivity contribution in [3.8, 4) is 0 Å². The number of aryl methyl sites for hydroxylation is 2. The fourth-order valence-electron chi connectivity index (χ4n) is 1.33. The van der Waals surface area contributed by atoms with E-state index < -0.39 is 0 Å². The molecule has 76 valence electrons. The Morgan fingerprint density at radius 3 is 2.64 bits per heavy atom. The first-order chi connectivity index (χ1) is 6.59. The van der Waals surface area contributed by atoms with Gasteiger partial charge in [-0.1, -0.05) is 0 Å². The molecule has 0 aliphatic heterocycles. The van der Waals surface area contributed by atoms with Crippen LogP contribution in [-0.2, 0) is 0 Å². The quantitative estimate of drug-likeness (QED) is 0.580. The van der Waals surface area contributed by atoms with Gasteiger partial charge in [0.2, 0.25) is 0 Å². The highest BCUT2D eigenvalue weighted by Crippen LogP contribution is 2.28. The number of thiol groups is 1. The summed E-state index contributed by atoms with van der Waals surface area (Å²) in [6.45, 7) is 3.99. The number of hydrogen-bond donors (Lipinski definition) is 1. The van der Waals surface area contributed by atoms with Crippen LogP contribution >= 0.6 is 10.9 Å². The minimum absolute atomic E-state index is 0.236. The Morgan fingerprint density at radius 2 is 2.00 bits per heavy atom. The normalized spacial score (nSPS) is 12.1. The van der Waals surface area contributed by atoms with Crippen LogP contribution in [0.4, 0.5) is 0 Å². The van der Waals surface area contributed by atoms with Gasteiger partial charge in [-0.2, -0.15) is 10.9 Å². The van der Waals surface area contributed by atoms with E-state index in [0.717, 1.165) is 27.6 Å². The standard InChI is InChI=1S/C10H14N2OS/c1-6-7(2)13-8-5-11-10(14(3)4)12-9(6)8/h5,14H,1-4H3. The average molecular weight is 210 g/mol. The lowest BCUT2D eigenvalue weighted by atomic mass is 10.2. The van der Waals surface area contributed by atoms with Gasteiger partial charge in [0, 0.05) is 5.56 Å². The minimum atomic E-state index is -0.236. The van der Waals surface area contributed by atoms with E-state index in [1.807, 2.05) is 13.8 Å². The van der Waals surface area contributed by atoms with Crippen LogP contribution in [0.1, 0.15) is 11.3 Å². The van der Waals surface area contributed by atoms with Crippen molar-refractivity contribution in [2.24, 2.45) is 0 Å². The van der Waals surface area contributed by atoms with Crippen molar-refractivity contribution < 1.29 is 4.42 Å². The van der Waals surface area contributed by atoms with E-state index in [1.54, 1.807) is 6.20 Å². The summed E-state index contributed by atoms with van der Waals surface area (Å²) in [6.07, 6.45) is 6.08. The van der Waals surface area contributed by atoms with E-state index in [9.17, 15) is 0 Å². The molecule has 0 bridgehead atoms. The summed E-state index contributed by atoms with van der Waals surface area (Å²) in [4.78, 5) is 8.80. The topological polar surface area (TPSA) is 38.9 Å². The van der Waals surface area contributed by atoms with Gasteiger partial charge in [-0.25, -0.2) is 9.97 Å². The largest absolute Gasteiger partial charge is 0.458 e. The van der Waals surface area contributed by atoms with Gasteiger partial charge in [0.15, 0.2) is 10.7 Å². The first-order valence-corrected chi connectivity index (χ1v) is 6.73. The maximum Gasteiger partial charge on any atom is 0.171 e. The molecule has 0 atom stereocenters. The SMILES string of the molecule is Cc1oc2cnc([SH](C)C)nc2c1C. The molecule has 2 aromatic rings. The third kappa shape index (κ3) is 1.39. The van der Waals surface area contributed by atoms with Gasteiger partial charge in [-0.05, 0) is 26.4 Å². The van der Waals surface area contributed by atoms with E-state index in [-0.39, 0.29) is 10.9 Å². The molecule has 0 saturated heterocycles. The van der Waals surface area contributed by atoms with Gasteiger partial charge in [0.05, 0.1) is 6.20 Å². The van der Waals surface area contributed by atoms with Crippen molar-refractivity contribution in [1.29, 1.82) is 0 Å². The second-order valence-electron chi connectivity index (χ2n) is 3.56. The molecular weight excluding hydrogens is 196 g/mol. The second-order valence-corrected chi connectivity index (χ2v) is 5.75. The van der Waals surface area contributed by atoms with Gasteiger partial charge in [-0.3, -0.25) is 0 Å². The van der Waals surface area contributed by atoms with E-state index in [1.165, 1.54) is 0 Å². The highest BCUT2D eigenvalue weighted by atomic mass is 32.2. The van der Waals surface area contributed by atoms with Crippen LogP contribution in [0, 0.1) is 13.8 Å². The summed E-state index contributed by atoms with van der Waals surface area (Å²) in [5, 5.41) is 0.941.